The highest BCUT2D eigenvalue weighted by Gasteiger charge is 2.15. The average Bonchev–Trinajstić information content (AvgIpc) is 3.14. The van der Waals surface area contributed by atoms with Crippen LogP contribution in [0.25, 0.3) is 21.6 Å². The predicted octanol–water partition coefficient (Wildman–Crippen LogP) is 5.53. The van der Waals surface area contributed by atoms with Crippen molar-refractivity contribution in [3.05, 3.63) is 58.9 Å². The second-order valence-electron chi connectivity index (χ2n) is 5.99. The lowest BCUT2D eigenvalue weighted by molar-refractivity contribution is 0.171. The highest BCUT2D eigenvalue weighted by molar-refractivity contribution is 7.14. The number of halogens is 1. The van der Waals surface area contributed by atoms with Crippen LogP contribution < -0.4 is 14.8 Å². The van der Waals surface area contributed by atoms with E-state index >= 15 is 0 Å². The van der Waals surface area contributed by atoms with Gasteiger partial charge in [0.25, 0.3) is 0 Å². The van der Waals surface area contributed by atoms with Gasteiger partial charge in [0.2, 0.25) is 0 Å². The molecule has 0 amide bonds. The quantitative estimate of drug-likeness (QED) is 0.494. The van der Waals surface area contributed by atoms with E-state index in [1.54, 1.807) is 0 Å². The van der Waals surface area contributed by atoms with E-state index in [1.165, 1.54) is 11.3 Å². The van der Waals surface area contributed by atoms with Crippen molar-refractivity contribution < 1.29 is 9.47 Å². The Morgan fingerprint density at radius 2 is 1.81 bits per heavy atom. The van der Waals surface area contributed by atoms with Gasteiger partial charge >= 0.3 is 0 Å². The van der Waals surface area contributed by atoms with E-state index in [0.717, 1.165) is 38.8 Å². The SMILES string of the molecule is Clc1ccsc1-c1nc(Nc2ccc3c(c2)OCCO3)c2ccccc2n1. The predicted molar refractivity (Wildman–Crippen MR) is 109 cm³/mol. The van der Waals surface area contributed by atoms with Crippen LogP contribution in [-0.2, 0) is 0 Å². The fourth-order valence-electron chi connectivity index (χ4n) is 2.98. The molecule has 5 rings (SSSR count). The maximum absolute atomic E-state index is 6.30. The minimum absolute atomic E-state index is 0.550. The Hall–Kier alpha value is -2.83. The van der Waals surface area contributed by atoms with Crippen molar-refractivity contribution >= 4 is 45.3 Å². The third-order valence-electron chi connectivity index (χ3n) is 4.23. The summed E-state index contributed by atoms with van der Waals surface area (Å²) in [5.41, 5.74) is 1.72. The molecule has 0 bridgehead atoms. The fraction of sp³-hybridized carbons (Fsp3) is 0.100. The topological polar surface area (TPSA) is 56.3 Å². The van der Waals surface area contributed by atoms with Crippen LogP contribution >= 0.6 is 22.9 Å². The van der Waals surface area contributed by atoms with Gasteiger partial charge in [-0.25, -0.2) is 9.97 Å². The molecule has 134 valence electrons. The van der Waals surface area contributed by atoms with Crippen molar-refractivity contribution in [2.24, 2.45) is 0 Å². The van der Waals surface area contributed by atoms with Gasteiger partial charge in [-0.3, -0.25) is 0 Å². The Labute approximate surface area is 164 Å². The molecule has 4 aromatic rings. The van der Waals surface area contributed by atoms with Gasteiger partial charge in [0.1, 0.15) is 19.0 Å². The molecule has 0 radical (unpaired) electrons. The number of anilines is 2. The zero-order chi connectivity index (χ0) is 18.2. The number of hydrogen-bond acceptors (Lipinski definition) is 6. The molecule has 0 aliphatic carbocycles. The van der Waals surface area contributed by atoms with Crippen LogP contribution in [0.1, 0.15) is 0 Å². The summed E-state index contributed by atoms with van der Waals surface area (Å²) in [5.74, 6) is 2.81. The molecule has 0 saturated carbocycles. The first-order valence-electron chi connectivity index (χ1n) is 8.45. The van der Waals surface area contributed by atoms with Crippen molar-refractivity contribution in [1.82, 2.24) is 9.97 Å². The van der Waals surface area contributed by atoms with Crippen molar-refractivity contribution in [2.75, 3.05) is 18.5 Å². The van der Waals surface area contributed by atoms with Gasteiger partial charge in [-0.05, 0) is 35.7 Å². The van der Waals surface area contributed by atoms with Gasteiger partial charge in [-0.2, -0.15) is 0 Å². The summed E-state index contributed by atoms with van der Waals surface area (Å²) in [5, 5.41) is 6.92. The largest absolute Gasteiger partial charge is 0.486 e. The van der Waals surface area contributed by atoms with Crippen molar-refractivity contribution in [3.63, 3.8) is 0 Å². The minimum atomic E-state index is 0.550. The molecule has 1 aliphatic rings. The summed E-state index contributed by atoms with van der Waals surface area (Å²) in [6.07, 6.45) is 0. The highest BCUT2D eigenvalue weighted by atomic mass is 35.5. The molecule has 0 unspecified atom stereocenters. The first-order chi connectivity index (χ1) is 13.3. The molecule has 5 nitrogen and oxygen atoms in total. The van der Waals surface area contributed by atoms with Crippen LogP contribution in [0.15, 0.2) is 53.9 Å². The average molecular weight is 396 g/mol. The second-order valence-corrected chi connectivity index (χ2v) is 7.32. The molecule has 0 fully saturated rings. The van der Waals surface area contributed by atoms with E-state index in [1.807, 2.05) is 53.9 Å². The number of para-hydroxylation sites is 1. The molecule has 1 aliphatic heterocycles. The van der Waals surface area contributed by atoms with Crippen molar-refractivity contribution in [3.8, 4) is 22.2 Å². The summed E-state index contributed by atoms with van der Waals surface area (Å²) < 4.78 is 11.3. The Balaban J connectivity index is 1.60. The van der Waals surface area contributed by atoms with Gasteiger partial charge in [-0.15, -0.1) is 11.3 Å². The molecule has 1 N–H and O–H groups in total. The Morgan fingerprint density at radius 3 is 2.67 bits per heavy atom. The number of nitrogens with one attached hydrogen (secondary N) is 1. The van der Waals surface area contributed by atoms with Gasteiger partial charge in [0.15, 0.2) is 17.3 Å². The first-order valence-corrected chi connectivity index (χ1v) is 9.70. The normalized spacial score (nSPS) is 12.9. The van der Waals surface area contributed by atoms with Crippen molar-refractivity contribution in [1.29, 1.82) is 0 Å². The molecule has 2 aromatic heterocycles. The molecule has 0 saturated heterocycles. The van der Waals surface area contributed by atoms with Crippen LogP contribution in [0.2, 0.25) is 5.02 Å². The third-order valence-corrected chi connectivity index (χ3v) is 5.57. The smallest absolute Gasteiger partial charge is 0.173 e. The lowest BCUT2D eigenvalue weighted by Gasteiger charge is -2.19. The standard InChI is InChI=1S/C20H14ClN3O2S/c21-14-7-10-27-18(14)20-23-15-4-2-1-3-13(15)19(24-20)22-12-5-6-16-17(11-12)26-9-8-25-16/h1-7,10-11H,8-9H2,(H,22,23,24). The van der Waals surface area contributed by atoms with Crippen LogP contribution in [0.4, 0.5) is 11.5 Å². The molecule has 27 heavy (non-hydrogen) atoms. The number of benzene rings is 2. The number of nitrogens with zero attached hydrogens (tertiary/aromatic N) is 2. The van der Waals surface area contributed by atoms with Gasteiger partial charge in [0.05, 0.1) is 15.4 Å². The van der Waals surface area contributed by atoms with Gasteiger partial charge in [-0.1, -0.05) is 23.7 Å². The number of fused-ring (bicyclic) bond motifs is 2. The van der Waals surface area contributed by atoms with Crippen LogP contribution in [0.5, 0.6) is 11.5 Å². The molecule has 7 heteroatoms. The maximum Gasteiger partial charge on any atom is 0.173 e. The van der Waals surface area contributed by atoms with E-state index in [-0.39, 0.29) is 0 Å². The van der Waals surface area contributed by atoms with Gasteiger partial charge < -0.3 is 14.8 Å². The lowest BCUT2D eigenvalue weighted by atomic mass is 10.2. The number of ether oxygens (including phenoxy) is 2. The van der Waals surface area contributed by atoms with Crippen molar-refractivity contribution in [2.45, 2.75) is 0 Å². The molecular formula is C20H14ClN3O2S. The minimum Gasteiger partial charge on any atom is -0.486 e. The monoisotopic (exact) mass is 395 g/mol. The zero-order valence-electron chi connectivity index (χ0n) is 14.1. The molecular weight excluding hydrogens is 382 g/mol. The Bertz CT molecular complexity index is 1150. The maximum atomic E-state index is 6.30. The van der Waals surface area contributed by atoms with Gasteiger partial charge in [0, 0.05) is 17.1 Å². The van der Waals surface area contributed by atoms with Crippen LogP contribution in [0.3, 0.4) is 0 Å². The third kappa shape index (κ3) is 3.07. The van der Waals surface area contributed by atoms with E-state index in [2.05, 4.69) is 10.3 Å². The van der Waals surface area contributed by atoms with E-state index < -0.39 is 0 Å². The molecule has 0 atom stereocenters. The van der Waals surface area contributed by atoms with Crippen LogP contribution in [0, 0.1) is 0 Å². The summed E-state index contributed by atoms with van der Waals surface area (Å²) in [6, 6.07) is 15.5. The summed E-state index contributed by atoms with van der Waals surface area (Å²) >= 11 is 7.82. The van der Waals surface area contributed by atoms with E-state index in [0.29, 0.717) is 24.1 Å². The number of hydrogen-bond donors (Lipinski definition) is 1. The molecule has 2 aromatic carbocycles. The number of thiophene rings is 1. The summed E-state index contributed by atoms with van der Waals surface area (Å²) in [4.78, 5) is 10.3. The lowest BCUT2D eigenvalue weighted by Crippen LogP contribution is -2.15. The van der Waals surface area contributed by atoms with E-state index in [4.69, 9.17) is 26.1 Å². The Morgan fingerprint density at radius 1 is 0.963 bits per heavy atom. The summed E-state index contributed by atoms with van der Waals surface area (Å²) in [6.45, 7) is 1.12. The fourth-order valence-corrected chi connectivity index (χ4v) is 4.06. The summed E-state index contributed by atoms with van der Waals surface area (Å²) in [7, 11) is 0. The Kier molecular flexibility index (Phi) is 4.07. The van der Waals surface area contributed by atoms with E-state index in [9.17, 15) is 0 Å². The molecule has 3 heterocycles. The number of rotatable bonds is 3. The number of aromatic nitrogens is 2. The molecule has 0 spiro atoms. The first kappa shape index (κ1) is 16.4. The zero-order valence-corrected chi connectivity index (χ0v) is 15.7. The van der Waals surface area contributed by atoms with Crippen LogP contribution in [-0.4, -0.2) is 23.2 Å². The second kappa shape index (κ2) is 6.72. The highest BCUT2D eigenvalue weighted by Crippen LogP contribution is 2.36.